The Balaban J connectivity index is 1.59. The normalized spacial score (nSPS) is 30.8. The van der Waals surface area contributed by atoms with Gasteiger partial charge in [0.15, 0.2) is 0 Å². The number of hydrogen-bond donors (Lipinski definition) is 1. The van der Waals surface area contributed by atoms with Crippen LogP contribution in [0, 0.1) is 17.3 Å². The lowest BCUT2D eigenvalue weighted by Gasteiger charge is -2.53. The first kappa shape index (κ1) is 13.8. The van der Waals surface area contributed by atoms with Gasteiger partial charge in [-0.1, -0.05) is 6.92 Å². The summed E-state index contributed by atoms with van der Waals surface area (Å²) >= 11 is 0. The molecule has 3 rings (SSSR count). The zero-order chi connectivity index (χ0) is 13.1. The third kappa shape index (κ3) is 2.82. The Bertz CT molecular complexity index is 282. The highest BCUT2D eigenvalue weighted by molar-refractivity contribution is 4.97. The molecule has 0 aliphatic carbocycles. The molecule has 0 saturated carbocycles. The summed E-state index contributed by atoms with van der Waals surface area (Å²) in [6, 6.07) is 0. The van der Waals surface area contributed by atoms with Crippen LogP contribution in [0.1, 0.15) is 19.8 Å². The van der Waals surface area contributed by atoms with E-state index in [4.69, 9.17) is 9.47 Å². The maximum Gasteiger partial charge on any atom is 0.0550 e. The highest BCUT2D eigenvalue weighted by Gasteiger charge is 2.49. The Labute approximate surface area is 116 Å². The van der Waals surface area contributed by atoms with Crippen LogP contribution in [0.3, 0.4) is 0 Å². The summed E-state index contributed by atoms with van der Waals surface area (Å²) < 4.78 is 11.2. The van der Waals surface area contributed by atoms with Crippen molar-refractivity contribution in [2.24, 2.45) is 17.3 Å². The van der Waals surface area contributed by atoms with Crippen molar-refractivity contribution < 1.29 is 9.47 Å². The lowest BCUT2D eigenvalue weighted by Crippen LogP contribution is -2.57. The van der Waals surface area contributed by atoms with E-state index < -0.39 is 0 Å². The molecule has 110 valence electrons. The minimum atomic E-state index is 0.439. The third-order valence-electron chi connectivity index (χ3n) is 5.50. The van der Waals surface area contributed by atoms with E-state index >= 15 is 0 Å². The first-order chi connectivity index (χ1) is 9.31. The number of rotatable bonds is 4. The highest BCUT2D eigenvalue weighted by atomic mass is 16.5. The van der Waals surface area contributed by atoms with Crippen LogP contribution >= 0.6 is 0 Å². The molecule has 3 fully saturated rings. The average molecular weight is 268 g/mol. The monoisotopic (exact) mass is 268 g/mol. The molecule has 3 aliphatic rings. The molecule has 1 atom stereocenters. The smallest absolute Gasteiger partial charge is 0.0550 e. The number of nitrogens with one attached hydrogen (secondary N) is 1. The maximum atomic E-state index is 5.63. The molecule has 3 heterocycles. The molecule has 1 unspecified atom stereocenters. The van der Waals surface area contributed by atoms with Crippen LogP contribution in [-0.2, 0) is 9.47 Å². The number of ether oxygens (including phenoxy) is 2. The molecule has 0 bridgehead atoms. The fourth-order valence-electron chi connectivity index (χ4n) is 4.00. The van der Waals surface area contributed by atoms with Gasteiger partial charge in [0.25, 0.3) is 0 Å². The average Bonchev–Trinajstić information content (AvgIpc) is 2.40. The summed E-state index contributed by atoms with van der Waals surface area (Å²) in [5, 5.41) is 3.44. The van der Waals surface area contributed by atoms with Gasteiger partial charge >= 0.3 is 0 Å². The minimum absolute atomic E-state index is 0.439. The largest absolute Gasteiger partial charge is 0.381 e. The Morgan fingerprint density at radius 3 is 2.42 bits per heavy atom. The SMILES string of the molecule is CC(CN1CCNCC1)C1(C2CCOCC2)COC1. The van der Waals surface area contributed by atoms with Crippen molar-refractivity contribution in [2.45, 2.75) is 19.8 Å². The number of piperazine rings is 1. The molecular weight excluding hydrogens is 240 g/mol. The highest BCUT2D eigenvalue weighted by Crippen LogP contribution is 2.47. The summed E-state index contributed by atoms with van der Waals surface area (Å²) in [4.78, 5) is 2.63. The van der Waals surface area contributed by atoms with Gasteiger partial charge in [0.1, 0.15) is 0 Å². The molecule has 3 saturated heterocycles. The first-order valence-electron chi connectivity index (χ1n) is 7.90. The lowest BCUT2D eigenvalue weighted by molar-refractivity contribution is -0.192. The van der Waals surface area contributed by atoms with Crippen LogP contribution < -0.4 is 5.32 Å². The Morgan fingerprint density at radius 2 is 1.84 bits per heavy atom. The van der Waals surface area contributed by atoms with E-state index in [1.807, 2.05) is 0 Å². The van der Waals surface area contributed by atoms with E-state index in [2.05, 4.69) is 17.1 Å². The van der Waals surface area contributed by atoms with Gasteiger partial charge in [-0.05, 0) is 24.7 Å². The second-order valence-corrected chi connectivity index (χ2v) is 6.56. The number of hydrogen-bond acceptors (Lipinski definition) is 4. The molecule has 0 aromatic rings. The zero-order valence-corrected chi connectivity index (χ0v) is 12.2. The van der Waals surface area contributed by atoms with Crippen molar-refractivity contribution in [3.8, 4) is 0 Å². The molecule has 0 radical (unpaired) electrons. The van der Waals surface area contributed by atoms with Gasteiger partial charge in [-0.25, -0.2) is 0 Å². The predicted molar refractivity (Wildman–Crippen MR) is 75.3 cm³/mol. The fraction of sp³-hybridized carbons (Fsp3) is 1.00. The minimum Gasteiger partial charge on any atom is -0.381 e. The van der Waals surface area contributed by atoms with Gasteiger partial charge in [-0.3, -0.25) is 0 Å². The summed E-state index contributed by atoms with van der Waals surface area (Å²) in [6.07, 6.45) is 2.46. The quantitative estimate of drug-likeness (QED) is 0.824. The maximum absolute atomic E-state index is 5.63. The van der Waals surface area contributed by atoms with Crippen molar-refractivity contribution in [3.63, 3.8) is 0 Å². The van der Waals surface area contributed by atoms with Crippen LogP contribution in [-0.4, -0.2) is 64.1 Å². The van der Waals surface area contributed by atoms with Crippen LogP contribution in [0.2, 0.25) is 0 Å². The van der Waals surface area contributed by atoms with Crippen molar-refractivity contribution in [1.29, 1.82) is 0 Å². The van der Waals surface area contributed by atoms with Gasteiger partial charge < -0.3 is 19.7 Å². The lowest BCUT2D eigenvalue weighted by atomic mass is 9.63. The zero-order valence-electron chi connectivity index (χ0n) is 12.2. The standard InChI is InChI=1S/C15H28N2O2/c1-13(10-17-6-4-16-5-7-17)15(11-19-12-15)14-2-8-18-9-3-14/h13-14,16H,2-12H2,1H3. The van der Waals surface area contributed by atoms with Gasteiger partial charge in [-0.2, -0.15) is 0 Å². The van der Waals surface area contributed by atoms with E-state index in [1.54, 1.807) is 0 Å². The van der Waals surface area contributed by atoms with Gasteiger partial charge in [0.2, 0.25) is 0 Å². The Morgan fingerprint density at radius 1 is 1.16 bits per heavy atom. The summed E-state index contributed by atoms with van der Waals surface area (Å²) in [7, 11) is 0. The second kappa shape index (κ2) is 6.08. The third-order valence-corrected chi connectivity index (χ3v) is 5.50. The molecule has 4 nitrogen and oxygen atoms in total. The van der Waals surface area contributed by atoms with Gasteiger partial charge in [-0.15, -0.1) is 0 Å². The van der Waals surface area contributed by atoms with Crippen molar-refractivity contribution >= 4 is 0 Å². The molecule has 1 N–H and O–H groups in total. The summed E-state index contributed by atoms with van der Waals surface area (Å²) in [5.41, 5.74) is 0.439. The van der Waals surface area contributed by atoms with E-state index in [-0.39, 0.29) is 0 Å². The predicted octanol–water partition coefficient (Wildman–Crippen LogP) is 0.971. The van der Waals surface area contributed by atoms with Crippen molar-refractivity contribution in [2.75, 3.05) is 59.2 Å². The molecule has 4 heteroatoms. The van der Waals surface area contributed by atoms with E-state index in [0.717, 1.165) is 51.4 Å². The topological polar surface area (TPSA) is 33.7 Å². The van der Waals surface area contributed by atoms with Crippen molar-refractivity contribution in [1.82, 2.24) is 10.2 Å². The molecule has 0 aromatic heterocycles. The molecular formula is C15H28N2O2. The number of nitrogens with zero attached hydrogens (tertiary/aromatic N) is 1. The second-order valence-electron chi connectivity index (χ2n) is 6.56. The van der Waals surface area contributed by atoms with Crippen molar-refractivity contribution in [3.05, 3.63) is 0 Å². The summed E-state index contributed by atoms with van der Waals surface area (Å²) in [6.45, 7) is 12.2. The van der Waals surface area contributed by atoms with E-state index in [0.29, 0.717) is 5.41 Å². The van der Waals surface area contributed by atoms with Gasteiger partial charge in [0.05, 0.1) is 13.2 Å². The first-order valence-corrected chi connectivity index (χ1v) is 7.90. The Hall–Kier alpha value is -0.160. The van der Waals surface area contributed by atoms with Crippen LogP contribution in [0.5, 0.6) is 0 Å². The summed E-state index contributed by atoms with van der Waals surface area (Å²) in [5.74, 6) is 1.55. The van der Waals surface area contributed by atoms with Crippen LogP contribution in [0.25, 0.3) is 0 Å². The molecule has 19 heavy (non-hydrogen) atoms. The molecule has 0 aromatic carbocycles. The van der Waals surface area contributed by atoms with Crippen LogP contribution in [0.15, 0.2) is 0 Å². The Kier molecular flexibility index (Phi) is 4.42. The fourth-order valence-corrected chi connectivity index (χ4v) is 4.00. The van der Waals surface area contributed by atoms with Gasteiger partial charge in [0, 0.05) is 51.4 Å². The molecule has 0 amide bonds. The van der Waals surface area contributed by atoms with E-state index in [9.17, 15) is 0 Å². The molecule has 0 spiro atoms. The van der Waals surface area contributed by atoms with E-state index in [1.165, 1.54) is 32.5 Å². The van der Waals surface area contributed by atoms with Crippen LogP contribution in [0.4, 0.5) is 0 Å². The molecule has 3 aliphatic heterocycles.